The van der Waals surface area contributed by atoms with Crippen molar-refractivity contribution in [3.05, 3.63) is 12.7 Å². The van der Waals surface area contributed by atoms with Crippen LogP contribution in [0.4, 0.5) is 0 Å². The first kappa shape index (κ1) is 17.0. The fourth-order valence-electron chi connectivity index (χ4n) is 4.24. The molecule has 2 aliphatic heterocycles. The molecule has 26 heavy (non-hydrogen) atoms. The Bertz CT molecular complexity index is 707. The van der Waals surface area contributed by atoms with Gasteiger partial charge in [-0.2, -0.15) is 5.10 Å². The molecule has 1 spiro atoms. The van der Waals surface area contributed by atoms with Crippen LogP contribution < -0.4 is 0 Å². The molecule has 1 N–H and O–H groups in total. The summed E-state index contributed by atoms with van der Waals surface area (Å²) in [6.07, 6.45) is 6.74. The highest BCUT2D eigenvalue weighted by Gasteiger charge is 2.50. The van der Waals surface area contributed by atoms with Crippen molar-refractivity contribution in [2.24, 2.45) is 11.3 Å². The normalized spacial score (nSPS) is 24.8. The summed E-state index contributed by atoms with van der Waals surface area (Å²) in [4.78, 5) is 43.8. The van der Waals surface area contributed by atoms with Crippen LogP contribution in [-0.4, -0.2) is 73.1 Å². The number of likely N-dealkylation sites (tertiary alicyclic amines) is 2. The molecule has 0 aromatic carbocycles. The fourth-order valence-corrected chi connectivity index (χ4v) is 4.24. The Morgan fingerprint density at radius 3 is 2.50 bits per heavy atom. The second kappa shape index (κ2) is 6.37. The van der Waals surface area contributed by atoms with Crippen LogP contribution in [0.3, 0.4) is 0 Å². The van der Waals surface area contributed by atoms with E-state index in [0.29, 0.717) is 26.1 Å². The van der Waals surface area contributed by atoms with Crippen molar-refractivity contribution >= 4 is 17.8 Å². The van der Waals surface area contributed by atoms with E-state index >= 15 is 0 Å². The Morgan fingerprint density at radius 1 is 1.19 bits per heavy atom. The lowest BCUT2D eigenvalue weighted by Gasteiger charge is -2.39. The van der Waals surface area contributed by atoms with Gasteiger partial charge in [0, 0.05) is 25.6 Å². The lowest BCUT2D eigenvalue weighted by Crippen LogP contribution is -2.45. The van der Waals surface area contributed by atoms with Gasteiger partial charge in [0.1, 0.15) is 25.2 Å². The maximum atomic E-state index is 12.6. The van der Waals surface area contributed by atoms with Crippen LogP contribution in [0.1, 0.15) is 32.1 Å². The zero-order chi connectivity index (χ0) is 18.3. The maximum Gasteiger partial charge on any atom is 0.326 e. The summed E-state index contributed by atoms with van der Waals surface area (Å²) in [6.45, 7) is 1.74. The Kier molecular flexibility index (Phi) is 4.16. The van der Waals surface area contributed by atoms with E-state index in [1.54, 1.807) is 0 Å². The maximum absolute atomic E-state index is 12.6. The van der Waals surface area contributed by atoms with Crippen molar-refractivity contribution < 1.29 is 19.5 Å². The molecule has 4 rings (SSSR count). The van der Waals surface area contributed by atoms with E-state index in [9.17, 15) is 19.5 Å². The number of piperidine rings is 1. The van der Waals surface area contributed by atoms with Crippen LogP contribution in [0.2, 0.25) is 0 Å². The molecule has 3 aliphatic rings. The highest BCUT2D eigenvalue weighted by atomic mass is 16.4. The van der Waals surface area contributed by atoms with Crippen molar-refractivity contribution in [2.75, 3.05) is 19.6 Å². The minimum atomic E-state index is -0.967. The molecule has 3 fully saturated rings. The molecule has 1 saturated carbocycles. The van der Waals surface area contributed by atoms with Gasteiger partial charge in [0.15, 0.2) is 0 Å². The van der Waals surface area contributed by atoms with Gasteiger partial charge in [-0.3, -0.25) is 9.59 Å². The molecule has 1 aromatic heterocycles. The van der Waals surface area contributed by atoms with Gasteiger partial charge in [0.2, 0.25) is 11.8 Å². The zero-order valence-electron chi connectivity index (χ0n) is 14.6. The molecule has 0 radical (unpaired) electrons. The number of aromatic nitrogens is 3. The van der Waals surface area contributed by atoms with Crippen LogP contribution in [0.15, 0.2) is 12.7 Å². The third-order valence-electron chi connectivity index (χ3n) is 5.94. The van der Waals surface area contributed by atoms with E-state index in [0.717, 1.165) is 25.7 Å². The predicted molar refractivity (Wildman–Crippen MR) is 88.7 cm³/mol. The standard InChI is InChI=1S/C17H23N5O4/c23-14(8-21-11-18-10-19-21)22-9-17(7-13(22)16(25)26)3-5-20(6-4-17)15(24)12-1-2-12/h10-13H,1-9H2,(H,25,26). The van der Waals surface area contributed by atoms with Gasteiger partial charge in [-0.15, -0.1) is 0 Å². The molecular formula is C17H23N5O4. The number of nitrogens with zero attached hydrogens (tertiary/aromatic N) is 5. The van der Waals surface area contributed by atoms with Crippen LogP contribution in [-0.2, 0) is 20.9 Å². The lowest BCUT2D eigenvalue weighted by atomic mass is 9.76. The Morgan fingerprint density at radius 2 is 1.92 bits per heavy atom. The Balaban J connectivity index is 1.43. The summed E-state index contributed by atoms with van der Waals surface area (Å²) in [5.41, 5.74) is -0.207. The van der Waals surface area contributed by atoms with Gasteiger partial charge < -0.3 is 14.9 Å². The average Bonchev–Trinajstić information content (AvgIpc) is 3.23. The van der Waals surface area contributed by atoms with E-state index in [1.807, 2.05) is 4.90 Å². The minimum absolute atomic E-state index is 0.00779. The predicted octanol–water partition coefficient (Wildman–Crippen LogP) is -0.0176. The summed E-state index contributed by atoms with van der Waals surface area (Å²) >= 11 is 0. The molecular weight excluding hydrogens is 338 g/mol. The van der Waals surface area contributed by atoms with Crippen molar-refractivity contribution in [3.8, 4) is 0 Å². The van der Waals surface area contributed by atoms with Crippen LogP contribution >= 0.6 is 0 Å². The summed E-state index contributed by atoms with van der Waals surface area (Å²) in [5, 5.41) is 13.5. The van der Waals surface area contributed by atoms with E-state index < -0.39 is 12.0 Å². The van der Waals surface area contributed by atoms with E-state index in [-0.39, 0.29) is 29.7 Å². The minimum Gasteiger partial charge on any atom is -0.480 e. The Hall–Kier alpha value is -2.45. The lowest BCUT2D eigenvalue weighted by molar-refractivity contribution is -0.148. The van der Waals surface area contributed by atoms with Gasteiger partial charge in [-0.05, 0) is 37.5 Å². The van der Waals surface area contributed by atoms with Crippen molar-refractivity contribution in [3.63, 3.8) is 0 Å². The summed E-state index contributed by atoms with van der Waals surface area (Å²) < 4.78 is 1.41. The highest BCUT2D eigenvalue weighted by Crippen LogP contribution is 2.44. The number of carboxylic acid groups (broad SMARTS) is 1. The van der Waals surface area contributed by atoms with Gasteiger partial charge >= 0.3 is 5.97 Å². The topological polar surface area (TPSA) is 109 Å². The first-order valence-corrected chi connectivity index (χ1v) is 9.11. The first-order chi connectivity index (χ1) is 12.5. The summed E-state index contributed by atoms with van der Waals surface area (Å²) in [5.74, 6) is -0.770. The number of aliphatic carboxylic acids is 1. The molecule has 9 nitrogen and oxygen atoms in total. The molecule has 0 bridgehead atoms. The van der Waals surface area contributed by atoms with Crippen molar-refractivity contribution in [1.82, 2.24) is 24.6 Å². The number of rotatable bonds is 4. The number of hydrogen-bond donors (Lipinski definition) is 1. The van der Waals surface area contributed by atoms with Gasteiger partial charge in [-0.1, -0.05) is 0 Å². The highest BCUT2D eigenvalue weighted by molar-refractivity contribution is 5.84. The first-order valence-electron chi connectivity index (χ1n) is 9.11. The molecule has 1 atom stereocenters. The molecule has 9 heteroatoms. The van der Waals surface area contributed by atoms with E-state index in [4.69, 9.17) is 0 Å². The average molecular weight is 361 g/mol. The molecule has 2 saturated heterocycles. The molecule has 140 valence electrons. The third-order valence-corrected chi connectivity index (χ3v) is 5.94. The molecule has 2 amide bonds. The van der Waals surface area contributed by atoms with Crippen LogP contribution in [0.25, 0.3) is 0 Å². The zero-order valence-corrected chi connectivity index (χ0v) is 14.6. The molecule has 1 aliphatic carbocycles. The van der Waals surface area contributed by atoms with E-state index in [1.165, 1.54) is 22.2 Å². The van der Waals surface area contributed by atoms with Gasteiger partial charge in [0.05, 0.1) is 0 Å². The number of carbonyl (C=O) groups excluding carboxylic acids is 2. The van der Waals surface area contributed by atoms with Gasteiger partial charge in [0.25, 0.3) is 0 Å². The van der Waals surface area contributed by atoms with Crippen molar-refractivity contribution in [2.45, 2.75) is 44.7 Å². The summed E-state index contributed by atoms with van der Waals surface area (Å²) in [6, 6.07) is -0.809. The number of hydrogen-bond acceptors (Lipinski definition) is 5. The van der Waals surface area contributed by atoms with Crippen LogP contribution in [0, 0.1) is 11.3 Å². The second-order valence-electron chi connectivity index (χ2n) is 7.77. The number of carbonyl (C=O) groups is 3. The Labute approximate surface area is 151 Å². The molecule has 3 heterocycles. The number of amides is 2. The molecule has 1 unspecified atom stereocenters. The quantitative estimate of drug-likeness (QED) is 0.807. The number of carboxylic acids is 1. The fraction of sp³-hybridized carbons (Fsp3) is 0.706. The van der Waals surface area contributed by atoms with Crippen molar-refractivity contribution in [1.29, 1.82) is 0 Å². The third kappa shape index (κ3) is 3.17. The monoisotopic (exact) mass is 361 g/mol. The van der Waals surface area contributed by atoms with Crippen LogP contribution in [0.5, 0.6) is 0 Å². The van der Waals surface area contributed by atoms with E-state index in [2.05, 4.69) is 10.1 Å². The second-order valence-corrected chi connectivity index (χ2v) is 7.77. The molecule has 1 aromatic rings. The smallest absolute Gasteiger partial charge is 0.326 e. The SMILES string of the molecule is O=C(O)C1CC2(CCN(C(=O)C3CC3)CC2)CN1C(=O)Cn1cncn1. The summed E-state index contributed by atoms with van der Waals surface area (Å²) in [7, 11) is 0. The van der Waals surface area contributed by atoms with Gasteiger partial charge in [-0.25, -0.2) is 14.5 Å². The largest absolute Gasteiger partial charge is 0.480 e.